The Morgan fingerprint density at radius 3 is 2.62 bits per heavy atom. The van der Waals surface area contributed by atoms with Gasteiger partial charge in [-0.15, -0.1) is 0 Å². The van der Waals surface area contributed by atoms with Gasteiger partial charge in [0.25, 0.3) is 0 Å². The van der Waals surface area contributed by atoms with Gasteiger partial charge in [0.15, 0.2) is 0 Å². The summed E-state index contributed by atoms with van der Waals surface area (Å²) in [5.41, 5.74) is 1.77. The number of rotatable bonds is 2. The average Bonchev–Trinajstić information content (AvgIpc) is 2.39. The lowest BCUT2D eigenvalue weighted by atomic mass is 9.75. The van der Waals surface area contributed by atoms with E-state index in [1.165, 1.54) is 5.56 Å². The van der Waals surface area contributed by atoms with Crippen LogP contribution < -0.4 is 5.32 Å². The SMILES string of the molecule is CNC1(c2ccccc2)CCCC/C1=N\O. The van der Waals surface area contributed by atoms with Crippen molar-refractivity contribution in [3.05, 3.63) is 35.9 Å². The van der Waals surface area contributed by atoms with E-state index in [1.807, 2.05) is 25.2 Å². The summed E-state index contributed by atoms with van der Waals surface area (Å²) in [5.74, 6) is 0. The minimum Gasteiger partial charge on any atom is -0.411 e. The molecule has 0 saturated heterocycles. The summed E-state index contributed by atoms with van der Waals surface area (Å²) in [6.45, 7) is 0. The molecule has 0 radical (unpaired) electrons. The summed E-state index contributed by atoms with van der Waals surface area (Å²) in [6.07, 6.45) is 4.13. The molecule has 1 unspecified atom stereocenters. The van der Waals surface area contributed by atoms with Gasteiger partial charge < -0.3 is 10.5 Å². The van der Waals surface area contributed by atoms with Crippen LogP contribution in [0, 0.1) is 0 Å². The van der Waals surface area contributed by atoms with E-state index in [4.69, 9.17) is 5.21 Å². The first-order chi connectivity index (χ1) is 7.83. The predicted molar refractivity (Wildman–Crippen MR) is 64.9 cm³/mol. The zero-order chi connectivity index (χ0) is 11.4. The molecular weight excluding hydrogens is 200 g/mol. The molecule has 1 aromatic carbocycles. The quantitative estimate of drug-likeness (QED) is 0.591. The minimum atomic E-state index is -0.270. The van der Waals surface area contributed by atoms with Crippen LogP contribution in [0.5, 0.6) is 0 Å². The molecule has 0 heterocycles. The molecule has 3 heteroatoms. The minimum absolute atomic E-state index is 0.270. The molecule has 0 bridgehead atoms. The van der Waals surface area contributed by atoms with Crippen molar-refractivity contribution < 1.29 is 5.21 Å². The summed E-state index contributed by atoms with van der Waals surface area (Å²) in [7, 11) is 1.93. The van der Waals surface area contributed by atoms with Gasteiger partial charge in [0, 0.05) is 0 Å². The van der Waals surface area contributed by atoms with E-state index in [0.717, 1.165) is 31.4 Å². The first-order valence-electron chi connectivity index (χ1n) is 5.79. The zero-order valence-electron chi connectivity index (χ0n) is 9.61. The highest BCUT2D eigenvalue weighted by Crippen LogP contribution is 2.34. The standard InChI is InChI=1S/C13H18N2O/c1-14-13(11-7-3-2-4-8-11)10-6-5-9-12(13)15-16/h2-4,7-8,14,16H,5-6,9-10H2,1H3/b15-12+. The van der Waals surface area contributed by atoms with Gasteiger partial charge in [-0.2, -0.15) is 0 Å². The lowest BCUT2D eigenvalue weighted by Crippen LogP contribution is -2.49. The Morgan fingerprint density at radius 2 is 2.00 bits per heavy atom. The zero-order valence-corrected chi connectivity index (χ0v) is 9.61. The number of oxime groups is 1. The lowest BCUT2D eigenvalue weighted by Gasteiger charge is -2.38. The number of hydrogen-bond acceptors (Lipinski definition) is 3. The van der Waals surface area contributed by atoms with Crippen LogP contribution in [-0.4, -0.2) is 18.0 Å². The number of hydrogen-bond donors (Lipinski definition) is 2. The van der Waals surface area contributed by atoms with Crippen LogP contribution >= 0.6 is 0 Å². The molecule has 1 saturated carbocycles. The second-order valence-electron chi connectivity index (χ2n) is 4.28. The Balaban J connectivity index is 2.45. The molecule has 2 N–H and O–H groups in total. The number of nitrogens with one attached hydrogen (secondary N) is 1. The maximum atomic E-state index is 9.17. The van der Waals surface area contributed by atoms with Crippen LogP contribution in [0.4, 0.5) is 0 Å². The fraction of sp³-hybridized carbons (Fsp3) is 0.462. The Hall–Kier alpha value is -1.35. The number of benzene rings is 1. The van der Waals surface area contributed by atoms with E-state index in [1.54, 1.807) is 0 Å². The number of nitrogens with zero attached hydrogens (tertiary/aromatic N) is 1. The fourth-order valence-electron chi connectivity index (χ4n) is 2.62. The van der Waals surface area contributed by atoms with Gasteiger partial charge in [-0.3, -0.25) is 0 Å². The third kappa shape index (κ3) is 1.71. The van der Waals surface area contributed by atoms with Gasteiger partial charge in [0.2, 0.25) is 0 Å². The van der Waals surface area contributed by atoms with Crippen molar-refractivity contribution in [3.63, 3.8) is 0 Å². The largest absolute Gasteiger partial charge is 0.411 e. The molecule has 1 aromatic rings. The van der Waals surface area contributed by atoms with E-state index in [9.17, 15) is 0 Å². The molecular formula is C13H18N2O. The second-order valence-corrected chi connectivity index (χ2v) is 4.28. The molecule has 1 fully saturated rings. The Kier molecular flexibility index (Phi) is 3.25. The molecule has 3 nitrogen and oxygen atoms in total. The van der Waals surface area contributed by atoms with Gasteiger partial charge in [0.05, 0.1) is 11.3 Å². The molecule has 86 valence electrons. The molecule has 2 rings (SSSR count). The van der Waals surface area contributed by atoms with Gasteiger partial charge in [-0.1, -0.05) is 41.9 Å². The first-order valence-corrected chi connectivity index (χ1v) is 5.79. The van der Waals surface area contributed by atoms with Crippen molar-refractivity contribution in [2.24, 2.45) is 5.16 Å². The maximum Gasteiger partial charge on any atom is 0.0855 e. The molecule has 0 aliphatic heterocycles. The smallest absolute Gasteiger partial charge is 0.0855 e. The summed E-state index contributed by atoms with van der Waals surface area (Å²) < 4.78 is 0. The van der Waals surface area contributed by atoms with Crippen molar-refractivity contribution in [3.8, 4) is 0 Å². The summed E-state index contributed by atoms with van der Waals surface area (Å²) in [4.78, 5) is 0. The van der Waals surface area contributed by atoms with Crippen molar-refractivity contribution in [1.29, 1.82) is 0 Å². The highest BCUT2D eigenvalue weighted by Gasteiger charge is 2.38. The second kappa shape index (κ2) is 4.66. The lowest BCUT2D eigenvalue weighted by molar-refractivity contribution is 0.296. The van der Waals surface area contributed by atoms with E-state index in [0.29, 0.717) is 0 Å². The van der Waals surface area contributed by atoms with Crippen LogP contribution in [0.3, 0.4) is 0 Å². The van der Waals surface area contributed by atoms with Crippen LogP contribution in [0.15, 0.2) is 35.5 Å². The van der Waals surface area contributed by atoms with Gasteiger partial charge >= 0.3 is 0 Å². The summed E-state index contributed by atoms with van der Waals surface area (Å²) in [5, 5.41) is 16.0. The first kappa shape index (κ1) is 11.1. The normalized spacial score (nSPS) is 28.2. The predicted octanol–water partition coefficient (Wildman–Crippen LogP) is 2.51. The molecule has 1 atom stereocenters. The van der Waals surface area contributed by atoms with E-state index in [-0.39, 0.29) is 5.54 Å². The third-order valence-electron chi connectivity index (χ3n) is 3.52. The van der Waals surface area contributed by atoms with E-state index < -0.39 is 0 Å². The van der Waals surface area contributed by atoms with E-state index in [2.05, 4.69) is 22.6 Å². The Bertz CT molecular complexity index is 375. The maximum absolute atomic E-state index is 9.17. The Labute approximate surface area is 96.2 Å². The summed E-state index contributed by atoms with van der Waals surface area (Å²) >= 11 is 0. The molecule has 1 aliphatic rings. The fourth-order valence-corrected chi connectivity index (χ4v) is 2.62. The highest BCUT2D eigenvalue weighted by molar-refractivity contribution is 5.94. The molecule has 0 amide bonds. The van der Waals surface area contributed by atoms with Crippen LogP contribution in [0.25, 0.3) is 0 Å². The monoisotopic (exact) mass is 218 g/mol. The van der Waals surface area contributed by atoms with Gasteiger partial charge in [0.1, 0.15) is 0 Å². The van der Waals surface area contributed by atoms with Gasteiger partial charge in [-0.05, 0) is 31.9 Å². The highest BCUT2D eigenvalue weighted by atomic mass is 16.4. The van der Waals surface area contributed by atoms with Crippen molar-refractivity contribution in [2.75, 3.05) is 7.05 Å². The van der Waals surface area contributed by atoms with Crippen molar-refractivity contribution >= 4 is 5.71 Å². The third-order valence-corrected chi connectivity index (χ3v) is 3.52. The molecule has 1 aliphatic carbocycles. The van der Waals surface area contributed by atoms with Crippen molar-refractivity contribution in [1.82, 2.24) is 5.32 Å². The summed E-state index contributed by atoms with van der Waals surface area (Å²) in [6, 6.07) is 10.2. The molecule has 0 aromatic heterocycles. The average molecular weight is 218 g/mol. The Morgan fingerprint density at radius 1 is 1.25 bits per heavy atom. The molecule has 16 heavy (non-hydrogen) atoms. The van der Waals surface area contributed by atoms with Crippen LogP contribution in [0.2, 0.25) is 0 Å². The van der Waals surface area contributed by atoms with Crippen molar-refractivity contribution in [2.45, 2.75) is 31.2 Å². The topological polar surface area (TPSA) is 44.6 Å². The van der Waals surface area contributed by atoms with Crippen LogP contribution in [-0.2, 0) is 5.54 Å². The van der Waals surface area contributed by atoms with Crippen LogP contribution in [0.1, 0.15) is 31.2 Å². The van der Waals surface area contributed by atoms with E-state index >= 15 is 0 Å². The van der Waals surface area contributed by atoms with Gasteiger partial charge in [-0.25, -0.2) is 0 Å². The molecule has 0 spiro atoms.